The van der Waals surface area contributed by atoms with Crippen molar-refractivity contribution in [2.24, 2.45) is 0 Å². The van der Waals surface area contributed by atoms with Crippen LogP contribution in [0.15, 0.2) is 0 Å². The fraction of sp³-hybridized carbons (Fsp3) is 0.667. The first-order valence-electron chi connectivity index (χ1n) is 2.68. The minimum Gasteiger partial charge on any atom is -0.300 e. The van der Waals surface area contributed by atoms with Crippen molar-refractivity contribution in [3.05, 3.63) is 0 Å². The molecule has 0 aromatic carbocycles. The molecule has 0 heterocycles. The monoisotopic (exact) mass is 170 g/mol. The van der Waals surface area contributed by atoms with Crippen LogP contribution in [-0.4, -0.2) is 11.6 Å². The normalized spacial score (nSPS) is 7.78. The number of ketones is 2. The van der Waals surface area contributed by atoms with Crippen molar-refractivity contribution in [1.29, 1.82) is 0 Å². The average molecular weight is 170 g/mol. The molecule has 0 bridgehead atoms. The Morgan fingerprint density at radius 3 is 1.89 bits per heavy atom. The molecule has 0 aromatic heterocycles. The van der Waals surface area contributed by atoms with Crippen LogP contribution in [0, 0.1) is 0 Å². The molecule has 0 saturated carbocycles. The quantitative estimate of drug-likeness (QED) is 0.466. The molecule has 0 aromatic rings. The molecule has 54 valence electrons. The van der Waals surface area contributed by atoms with E-state index in [1.807, 2.05) is 0 Å². The smallest absolute Gasteiger partial charge is 0.139 e. The molecule has 0 N–H and O–H groups in total. The Morgan fingerprint density at radius 2 is 1.78 bits per heavy atom. The standard InChI is InChI=1S/C6H10O2.Fe/c1-3-6(8)4-5(2)7;/h3-4H2,1-2H3;. The third-order valence-corrected chi connectivity index (χ3v) is 0.840. The Balaban J connectivity index is 0. The largest absolute Gasteiger partial charge is 0.300 e. The average Bonchev–Trinajstić information content (AvgIpc) is 1.65. The molecule has 2 nitrogen and oxygen atoms in total. The maximum atomic E-state index is 10.4. The molecule has 3 heteroatoms. The molecular weight excluding hydrogens is 160 g/mol. The maximum absolute atomic E-state index is 10.4. The van der Waals surface area contributed by atoms with E-state index in [1.165, 1.54) is 6.92 Å². The van der Waals surface area contributed by atoms with Crippen molar-refractivity contribution in [2.45, 2.75) is 26.7 Å². The number of carbonyl (C=O) groups is 2. The second kappa shape index (κ2) is 5.99. The first-order valence-corrected chi connectivity index (χ1v) is 2.68. The third-order valence-electron chi connectivity index (χ3n) is 0.840. The van der Waals surface area contributed by atoms with E-state index in [0.29, 0.717) is 6.42 Å². The van der Waals surface area contributed by atoms with Crippen LogP contribution in [-0.2, 0) is 26.7 Å². The molecule has 0 amide bonds. The van der Waals surface area contributed by atoms with Crippen LogP contribution in [0.1, 0.15) is 26.7 Å². The molecule has 0 rings (SSSR count). The summed E-state index contributed by atoms with van der Waals surface area (Å²) < 4.78 is 0. The van der Waals surface area contributed by atoms with Crippen LogP contribution in [0.3, 0.4) is 0 Å². The van der Waals surface area contributed by atoms with Crippen molar-refractivity contribution >= 4 is 11.6 Å². The second-order valence-corrected chi connectivity index (χ2v) is 1.77. The van der Waals surface area contributed by atoms with E-state index in [4.69, 9.17) is 0 Å². The maximum Gasteiger partial charge on any atom is 0.139 e. The van der Waals surface area contributed by atoms with Crippen LogP contribution in [0.5, 0.6) is 0 Å². The molecule has 0 aliphatic rings. The fourth-order valence-corrected chi connectivity index (χ4v) is 0.403. The zero-order chi connectivity index (χ0) is 6.57. The zero-order valence-electron chi connectivity index (χ0n) is 5.58. The van der Waals surface area contributed by atoms with Gasteiger partial charge in [-0.1, -0.05) is 6.92 Å². The van der Waals surface area contributed by atoms with Crippen LogP contribution in [0.4, 0.5) is 0 Å². The van der Waals surface area contributed by atoms with Gasteiger partial charge in [0, 0.05) is 23.5 Å². The van der Waals surface area contributed by atoms with E-state index >= 15 is 0 Å². The molecule has 0 aliphatic heterocycles. The van der Waals surface area contributed by atoms with Gasteiger partial charge >= 0.3 is 0 Å². The number of Topliss-reactive ketones (excluding diaryl/α,β-unsaturated/α-hetero) is 2. The summed E-state index contributed by atoms with van der Waals surface area (Å²) in [4.78, 5) is 20.6. The van der Waals surface area contributed by atoms with E-state index in [-0.39, 0.29) is 35.1 Å². The summed E-state index contributed by atoms with van der Waals surface area (Å²) in [5.41, 5.74) is 0. The third kappa shape index (κ3) is 7.86. The summed E-state index contributed by atoms with van der Waals surface area (Å²) in [6.07, 6.45) is 0.579. The first kappa shape index (κ1) is 11.6. The zero-order valence-corrected chi connectivity index (χ0v) is 6.69. The van der Waals surface area contributed by atoms with Crippen molar-refractivity contribution in [2.75, 3.05) is 0 Å². The van der Waals surface area contributed by atoms with Gasteiger partial charge in [-0.3, -0.25) is 9.59 Å². The fourth-order valence-electron chi connectivity index (χ4n) is 0.403. The second-order valence-electron chi connectivity index (χ2n) is 1.77. The number of hydrogen-bond acceptors (Lipinski definition) is 2. The van der Waals surface area contributed by atoms with E-state index in [1.54, 1.807) is 6.92 Å². The van der Waals surface area contributed by atoms with Crippen LogP contribution < -0.4 is 0 Å². The summed E-state index contributed by atoms with van der Waals surface area (Å²) in [5.74, 6) is -0.0191. The molecule has 0 saturated heterocycles. The summed E-state index contributed by atoms with van der Waals surface area (Å²) in [6, 6.07) is 0. The van der Waals surface area contributed by atoms with Gasteiger partial charge < -0.3 is 0 Å². The predicted octanol–water partition coefficient (Wildman–Crippen LogP) is 0.942. The van der Waals surface area contributed by atoms with E-state index in [2.05, 4.69) is 0 Å². The van der Waals surface area contributed by atoms with Gasteiger partial charge in [-0.05, 0) is 6.92 Å². The van der Waals surface area contributed by atoms with Gasteiger partial charge in [-0.15, -0.1) is 0 Å². The summed E-state index contributed by atoms with van der Waals surface area (Å²) in [6.45, 7) is 3.18. The van der Waals surface area contributed by atoms with E-state index in [0.717, 1.165) is 0 Å². The van der Waals surface area contributed by atoms with Gasteiger partial charge in [0.25, 0.3) is 0 Å². The first-order chi connectivity index (χ1) is 3.66. The summed E-state index contributed by atoms with van der Waals surface area (Å²) in [7, 11) is 0. The number of hydrogen-bond donors (Lipinski definition) is 0. The SMILES string of the molecule is CCC(=O)CC(C)=O.[Fe]. The minimum absolute atomic E-state index is 0. The van der Waals surface area contributed by atoms with Gasteiger partial charge in [0.05, 0.1) is 6.42 Å². The van der Waals surface area contributed by atoms with Crippen molar-refractivity contribution < 1.29 is 26.7 Å². The van der Waals surface area contributed by atoms with E-state index < -0.39 is 0 Å². The van der Waals surface area contributed by atoms with Crippen LogP contribution >= 0.6 is 0 Å². The summed E-state index contributed by atoms with van der Waals surface area (Å²) in [5, 5.41) is 0. The Hall–Kier alpha value is -0.141. The molecule has 9 heavy (non-hydrogen) atoms. The Bertz CT molecular complexity index is 110. The van der Waals surface area contributed by atoms with Gasteiger partial charge in [-0.25, -0.2) is 0 Å². The Kier molecular flexibility index (Phi) is 7.74. The number of carbonyl (C=O) groups excluding carboxylic acids is 2. The molecule has 0 aliphatic carbocycles. The van der Waals surface area contributed by atoms with Gasteiger partial charge in [0.15, 0.2) is 0 Å². The Morgan fingerprint density at radius 1 is 1.33 bits per heavy atom. The van der Waals surface area contributed by atoms with E-state index in [9.17, 15) is 9.59 Å². The van der Waals surface area contributed by atoms with Crippen LogP contribution in [0.2, 0.25) is 0 Å². The Labute approximate surface area is 65.5 Å². The van der Waals surface area contributed by atoms with Gasteiger partial charge in [0.2, 0.25) is 0 Å². The molecule has 0 unspecified atom stereocenters. The molecule has 0 fully saturated rings. The van der Waals surface area contributed by atoms with Gasteiger partial charge in [-0.2, -0.15) is 0 Å². The molecule has 0 radical (unpaired) electrons. The van der Waals surface area contributed by atoms with Crippen molar-refractivity contribution in [1.82, 2.24) is 0 Å². The minimum atomic E-state index is -0.0446. The van der Waals surface area contributed by atoms with Crippen LogP contribution in [0.25, 0.3) is 0 Å². The topological polar surface area (TPSA) is 34.1 Å². The number of rotatable bonds is 3. The molecule has 0 spiro atoms. The molecular formula is C6H10FeO2. The summed E-state index contributed by atoms with van der Waals surface area (Å²) >= 11 is 0. The van der Waals surface area contributed by atoms with Crippen molar-refractivity contribution in [3.8, 4) is 0 Å². The predicted molar refractivity (Wildman–Crippen MR) is 30.6 cm³/mol. The molecule has 0 atom stereocenters. The van der Waals surface area contributed by atoms with Gasteiger partial charge in [0.1, 0.15) is 11.6 Å². The van der Waals surface area contributed by atoms with Crippen molar-refractivity contribution in [3.63, 3.8) is 0 Å².